The van der Waals surface area contributed by atoms with Crippen LogP contribution >= 0.6 is 23.1 Å². The van der Waals surface area contributed by atoms with Gasteiger partial charge in [0.15, 0.2) is 16.1 Å². The van der Waals surface area contributed by atoms with E-state index in [4.69, 9.17) is 0 Å². The number of hydrogen-bond donors (Lipinski definition) is 2. The lowest BCUT2D eigenvalue weighted by Crippen LogP contribution is -2.29. The molecule has 1 atom stereocenters. The van der Waals surface area contributed by atoms with Gasteiger partial charge in [-0.25, -0.2) is 9.37 Å². The molecule has 0 saturated heterocycles. The molecule has 0 aliphatic carbocycles. The van der Waals surface area contributed by atoms with Gasteiger partial charge in [-0.2, -0.15) is 0 Å². The maximum absolute atomic E-state index is 13.7. The number of nitrogens with zero attached hydrogens (tertiary/aromatic N) is 4. The molecule has 0 saturated carbocycles. The zero-order chi connectivity index (χ0) is 20.1. The van der Waals surface area contributed by atoms with Crippen LogP contribution < -0.4 is 10.6 Å². The van der Waals surface area contributed by atoms with Crippen LogP contribution in [0.2, 0.25) is 0 Å². The molecule has 2 heterocycles. The zero-order valence-corrected chi connectivity index (χ0v) is 16.7. The van der Waals surface area contributed by atoms with E-state index in [9.17, 15) is 14.0 Å². The molecule has 8 nitrogen and oxygen atoms in total. The highest BCUT2D eigenvalue weighted by molar-refractivity contribution is 7.99. The summed E-state index contributed by atoms with van der Waals surface area (Å²) in [4.78, 5) is 28.2. The smallest absolute Gasteiger partial charge is 0.254 e. The van der Waals surface area contributed by atoms with Gasteiger partial charge in [0.1, 0.15) is 5.82 Å². The molecular formula is C17H17FN6O2S2. The van der Waals surface area contributed by atoms with Crippen molar-refractivity contribution in [1.82, 2.24) is 25.1 Å². The fourth-order valence-electron chi connectivity index (χ4n) is 2.38. The standard InChI is InChI=1S/C17H17FN6O2S2/c1-10(20-15(26)11-5-3-4-6-12(11)18)14-22-23-17(24(14)2)28-9-13(25)21-16-19-7-8-27-16/h3-8,10H,9H2,1-2H3,(H,20,26)(H,19,21,25)/t10-/m1/s1. The predicted octanol–water partition coefficient (Wildman–Crippen LogP) is 2.63. The van der Waals surface area contributed by atoms with Crippen LogP contribution in [0.1, 0.15) is 29.1 Å². The molecule has 2 aromatic heterocycles. The van der Waals surface area contributed by atoms with E-state index in [1.54, 1.807) is 36.2 Å². The van der Waals surface area contributed by atoms with E-state index < -0.39 is 17.8 Å². The van der Waals surface area contributed by atoms with E-state index >= 15 is 0 Å². The number of carbonyl (C=O) groups excluding carboxylic acids is 2. The van der Waals surface area contributed by atoms with Crippen molar-refractivity contribution in [3.63, 3.8) is 0 Å². The van der Waals surface area contributed by atoms with E-state index in [2.05, 4.69) is 25.8 Å². The lowest BCUT2D eigenvalue weighted by atomic mass is 10.2. The minimum absolute atomic E-state index is 0.0371. The van der Waals surface area contributed by atoms with Gasteiger partial charge in [-0.05, 0) is 19.1 Å². The van der Waals surface area contributed by atoms with Crippen molar-refractivity contribution >= 4 is 40.0 Å². The van der Waals surface area contributed by atoms with Crippen LogP contribution in [-0.4, -0.2) is 37.3 Å². The fourth-order valence-corrected chi connectivity index (χ4v) is 3.65. The first kappa shape index (κ1) is 20.0. The Morgan fingerprint density at radius 1 is 1.32 bits per heavy atom. The van der Waals surface area contributed by atoms with Gasteiger partial charge in [-0.1, -0.05) is 23.9 Å². The number of nitrogens with one attached hydrogen (secondary N) is 2. The quantitative estimate of drug-likeness (QED) is 0.570. The van der Waals surface area contributed by atoms with E-state index in [-0.39, 0.29) is 17.2 Å². The molecule has 3 rings (SSSR count). The molecule has 0 bridgehead atoms. The maximum Gasteiger partial charge on any atom is 0.254 e. The molecule has 146 valence electrons. The molecule has 0 spiro atoms. The highest BCUT2D eigenvalue weighted by Gasteiger charge is 2.20. The molecule has 1 aromatic carbocycles. The number of thioether (sulfide) groups is 1. The molecule has 2 N–H and O–H groups in total. The molecular weight excluding hydrogens is 403 g/mol. The van der Waals surface area contributed by atoms with Gasteiger partial charge >= 0.3 is 0 Å². The second-order valence-corrected chi connectivity index (χ2v) is 7.59. The topological polar surface area (TPSA) is 102 Å². The average Bonchev–Trinajstić information content (AvgIpc) is 3.30. The lowest BCUT2D eigenvalue weighted by molar-refractivity contribution is -0.113. The van der Waals surface area contributed by atoms with Crippen LogP contribution in [0.25, 0.3) is 0 Å². The van der Waals surface area contributed by atoms with Crippen molar-refractivity contribution in [2.45, 2.75) is 18.1 Å². The molecule has 3 aromatic rings. The number of rotatable bonds is 7. The maximum atomic E-state index is 13.7. The van der Waals surface area contributed by atoms with E-state index in [1.807, 2.05) is 0 Å². The van der Waals surface area contributed by atoms with Crippen LogP contribution in [0.15, 0.2) is 41.0 Å². The summed E-state index contributed by atoms with van der Waals surface area (Å²) in [5.74, 6) is -0.696. The molecule has 0 aliphatic rings. The number of hydrogen-bond acceptors (Lipinski definition) is 7. The Labute approximate surface area is 168 Å². The minimum Gasteiger partial charge on any atom is -0.342 e. The summed E-state index contributed by atoms with van der Waals surface area (Å²) in [5, 5.41) is 16.4. The van der Waals surface area contributed by atoms with Crippen molar-refractivity contribution in [1.29, 1.82) is 0 Å². The minimum atomic E-state index is -0.590. The van der Waals surface area contributed by atoms with Crippen LogP contribution in [0.5, 0.6) is 0 Å². The van der Waals surface area contributed by atoms with Gasteiger partial charge < -0.3 is 15.2 Å². The fraction of sp³-hybridized carbons (Fsp3) is 0.235. The van der Waals surface area contributed by atoms with E-state index in [0.29, 0.717) is 16.1 Å². The van der Waals surface area contributed by atoms with Crippen molar-refractivity contribution in [3.05, 3.63) is 53.0 Å². The highest BCUT2D eigenvalue weighted by Crippen LogP contribution is 2.20. The average molecular weight is 420 g/mol. The van der Waals surface area contributed by atoms with Crippen molar-refractivity contribution < 1.29 is 14.0 Å². The molecule has 0 radical (unpaired) electrons. The summed E-state index contributed by atoms with van der Waals surface area (Å²) in [6.07, 6.45) is 1.61. The Morgan fingerprint density at radius 2 is 2.11 bits per heavy atom. The first-order valence-corrected chi connectivity index (χ1v) is 10.1. The summed E-state index contributed by atoms with van der Waals surface area (Å²) in [6.45, 7) is 1.73. The zero-order valence-electron chi connectivity index (χ0n) is 15.0. The summed E-state index contributed by atoms with van der Waals surface area (Å²) < 4.78 is 15.4. The largest absolute Gasteiger partial charge is 0.342 e. The van der Waals surface area contributed by atoms with Crippen LogP contribution in [0.4, 0.5) is 9.52 Å². The Bertz CT molecular complexity index is 976. The summed E-state index contributed by atoms with van der Waals surface area (Å²) in [6, 6.07) is 5.26. The molecule has 0 unspecified atom stereocenters. The Balaban J connectivity index is 1.59. The number of anilines is 1. The summed E-state index contributed by atoms with van der Waals surface area (Å²) in [5.41, 5.74) is -0.0371. The Morgan fingerprint density at radius 3 is 2.82 bits per heavy atom. The number of aromatic nitrogens is 4. The van der Waals surface area contributed by atoms with Crippen LogP contribution in [0, 0.1) is 5.82 Å². The van der Waals surface area contributed by atoms with Gasteiger partial charge in [-0.3, -0.25) is 9.59 Å². The predicted molar refractivity (Wildman–Crippen MR) is 105 cm³/mol. The van der Waals surface area contributed by atoms with Gasteiger partial charge in [-0.15, -0.1) is 21.5 Å². The Kier molecular flexibility index (Phi) is 6.37. The van der Waals surface area contributed by atoms with Gasteiger partial charge in [0.05, 0.1) is 17.4 Å². The third-order valence-corrected chi connectivity index (χ3v) is 5.44. The molecule has 0 aliphatic heterocycles. The van der Waals surface area contributed by atoms with Gasteiger partial charge in [0.2, 0.25) is 5.91 Å². The third-order valence-electron chi connectivity index (χ3n) is 3.73. The highest BCUT2D eigenvalue weighted by atomic mass is 32.2. The van der Waals surface area contributed by atoms with Crippen molar-refractivity contribution in [2.24, 2.45) is 7.05 Å². The Hall–Kier alpha value is -2.79. The van der Waals surface area contributed by atoms with Crippen molar-refractivity contribution in [3.8, 4) is 0 Å². The number of benzene rings is 1. The number of thiazole rings is 1. The summed E-state index contributed by atoms with van der Waals surface area (Å²) >= 11 is 2.55. The second-order valence-electron chi connectivity index (χ2n) is 5.75. The third kappa shape index (κ3) is 4.73. The van der Waals surface area contributed by atoms with Crippen LogP contribution in [-0.2, 0) is 11.8 Å². The molecule has 28 heavy (non-hydrogen) atoms. The summed E-state index contributed by atoms with van der Waals surface area (Å²) in [7, 11) is 1.74. The van der Waals surface area contributed by atoms with Crippen molar-refractivity contribution in [2.75, 3.05) is 11.1 Å². The lowest BCUT2D eigenvalue weighted by Gasteiger charge is -2.14. The first-order chi connectivity index (χ1) is 13.5. The number of halogens is 1. The second kappa shape index (κ2) is 8.93. The number of amides is 2. The van der Waals surface area contributed by atoms with Gasteiger partial charge in [0, 0.05) is 18.6 Å². The monoisotopic (exact) mass is 420 g/mol. The van der Waals surface area contributed by atoms with Gasteiger partial charge in [0.25, 0.3) is 5.91 Å². The molecule has 2 amide bonds. The van der Waals surface area contributed by atoms with E-state index in [1.165, 1.54) is 41.3 Å². The van der Waals surface area contributed by atoms with E-state index in [0.717, 1.165) is 0 Å². The normalized spacial score (nSPS) is 11.8. The van der Waals surface area contributed by atoms with Crippen LogP contribution in [0.3, 0.4) is 0 Å². The first-order valence-electron chi connectivity index (χ1n) is 8.22. The number of carbonyl (C=O) groups is 2. The SMILES string of the molecule is C[C@@H](NC(=O)c1ccccc1F)c1nnc(SCC(=O)Nc2nccs2)n1C. The molecule has 0 fully saturated rings. The molecule has 11 heteroatoms.